The maximum absolute atomic E-state index is 7.17. The fraction of sp³-hybridized carbons (Fsp3) is 0.0130. The second-order valence-electron chi connectivity index (χ2n) is 21.4. The molecule has 0 saturated carbocycles. The van der Waals surface area contributed by atoms with Crippen molar-refractivity contribution in [1.82, 2.24) is 4.57 Å². The Morgan fingerprint density at radius 2 is 0.950 bits per heavy atom. The maximum atomic E-state index is 7.17. The lowest BCUT2D eigenvalue weighted by atomic mass is 9.66. The van der Waals surface area contributed by atoms with Gasteiger partial charge in [0.2, 0.25) is 0 Å². The lowest BCUT2D eigenvalue weighted by Gasteiger charge is -2.36. The van der Waals surface area contributed by atoms with Gasteiger partial charge in [-0.1, -0.05) is 243 Å². The molecular formula is C77H48N2O. The molecule has 1 unspecified atom stereocenters. The first-order valence-electron chi connectivity index (χ1n) is 27.7. The fourth-order valence-corrected chi connectivity index (χ4v) is 14.0. The Morgan fingerprint density at radius 3 is 1.80 bits per heavy atom. The van der Waals surface area contributed by atoms with Crippen molar-refractivity contribution < 1.29 is 4.42 Å². The third-order valence-corrected chi connectivity index (χ3v) is 17.4. The largest absolute Gasteiger partial charge is 0.454 e. The van der Waals surface area contributed by atoms with Gasteiger partial charge in [-0.3, -0.25) is 0 Å². The summed E-state index contributed by atoms with van der Waals surface area (Å²) >= 11 is 0. The Morgan fingerprint density at radius 1 is 0.338 bits per heavy atom. The van der Waals surface area contributed by atoms with E-state index in [0.29, 0.717) is 0 Å². The van der Waals surface area contributed by atoms with Crippen molar-refractivity contribution in [1.29, 1.82) is 0 Å². The zero-order valence-corrected chi connectivity index (χ0v) is 43.5. The standard InChI is InChI=1S/C77H48N2O/c1-3-20-49(21-4-1)52-42-44-56(45-43-52)77(57-27-17-26-54(47-57)50-22-5-2-6-23-50)64-34-18-32-61-59-29-10-14-36-67(59)79-68-37-15-11-31-63(68)73-70(48-65(77)74(72(61)64)75(73)79)78(69-38-19-33-62-60-30-12-16-39-71(60)80-76(62)69)66-35-13-9-28-58(66)55-41-40-51-24-7-8-25-53(51)46-55/h1-48H. The van der Waals surface area contributed by atoms with E-state index < -0.39 is 5.41 Å². The molecule has 1 aliphatic heterocycles. The van der Waals surface area contributed by atoms with E-state index in [0.717, 1.165) is 61.3 Å². The van der Waals surface area contributed by atoms with Crippen LogP contribution in [0.5, 0.6) is 0 Å². The van der Waals surface area contributed by atoms with Crippen LogP contribution in [0.15, 0.2) is 296 Å². The third kappa shape index (κ3) is 6.31. The molecule has 1 atom stereocenters. The van der Waals surface area contributed by atoms with Crippen LogP contribution < -0.4 is 4.90 Å². The molecule has 2 aromatic heterocycles. The number of hydrogen-bond acceptors (Lipinski definition) is 2. The van der Waals surface area contributed by atoms with Gasteiger partial charge in [0.15, 0.2) is 5.58 Å². The zero-order valence-electron chi connectivity index (χ0n) is 43.5. The summed E-state index contributed by atoms with van der Waals surface area (Å²) in [7, 11) is 0. The molecule has 80 heavy (non-hydrogen) atoms. The van der Waals surface area contributed by atoms with Crippen molar-refractivity contribution in [2.45, 2.75) is 5.41 Å². The van der Waals surface area contributed by atoms with Crippen molar-refractivity contribution in [2.24, 2.45) is 0 Å². The second-order valence-corrected chi connectivity index (χ2v) is 21.4. The van der Waals surface area contributed by atoms with Crippen LogP contribution in [-0.2, 0) is 5.41 Å². The quantitative estimate of drug-likeness (QED) is 0.151. The Balaban J connectivity index is 1.08. The first kappa shape index (κ1) is 44.6. The molecule has 0 fully saturated rings. The van der Waals surface area contributed by atoms with Gasteiger partial charge in [-0.2, -0.15) is 0 Å². The number of anilines is 3. The maximum Gasteiger partial charge on any atom is 0.159 e. The van der Waals surface area contributed by atoms with E-state index in [-0.39, 0.29) is 0 Å². The van der Waals surface area contributed by atoms with Crippen LogP contribution in [0.3, 0.4) is 0 Å². The van der Waals surface area contributed by atoms with E-state index >= 15 is 0 Å². The van der Waals surface area contributed by atoms with Crippen molar-refractivity contribution >= 4 is 71.6 Å². The van der Waals surface area contributed by atoms with Crippen molar-refractivity contribution in [2.75, 3.05) is 4.90 Å². The molecule has 3 heteroatoms. The second kappa shape index (κ2) is 17.3. The lowest BCUT2D eigenvalue weighted by molar-refractivity contribution is 0.669. The number of rotatable bonds is 8. The average molecular weight is 1020 g/mol. The van der Waals surface area contributed by atoms with Crippen LogP contribution in [0.25, 0.3) is 116 Å². The minimum absolute atomic E-state index is 0.813. The molecule has 15 aromatic rings. The van der Waals surface area contributed by atoms with Gasteiger partial charge in [-0.15, -0.1) is 0 Å². The normalized spacial score (nSPS) is 14.1. The van der Waals surface area contributed by atoms with Gasteiger partial charge in [0.1, 0.15) is 5.58 Å². The smallest absolute Gasteiger partial charge is 0.159 e. The van der Waals surface area contributed by atoms with Gasteiger partial charge in [-0.25, -0.2) is 0 Å². The molecule has 0 spiro atoms. The molecular weight excluding hydrogens is 969 g/mol. The molecule has 2 aliphatic rings. The van der Waals surface area contributed by atoms with Crippen LogP contribution in [0, 0.1) is 0 Å². The van der Waals surface area contributed by atoms with E-state index in [2.05, 4.69) is 301 Å². The first-order valence-corrected chi connectivity index (χ1v) is 27.7. The lowest BCUT2D eigenvalue weighted by Crippen LogP contribution is -2.29. The van der Waals surface area contributed by atoms with Gasteiger partial charge in [-0.05, 0) is 121 Å². The molecule has 3 nitrogen and oxygen atoms in total. The number of para-hydroxylation sites is 5. The molecule has 3 heterocycles. The molecule has 0 radical (unpaired) electrons. The SMILES string of the molecule is c1ccc(-c2ccc(C3(c4cccc(-c5ccccc5)c4)c4cccc5c4-c4c3cc(N(c3ccccc3-c3ccc6ccccc6c3)c3cccc6c3oc3ccccc36)c3c6ccccc6n(c43)-c3ccccc3-5)cc2)cc1. The van der Waals surface area contributed by atoms with Gasteiger partial charge in [0.05, 0.1) is 39.2 Å². The van der Waals surface area contributed by atoms with Crippen LogP contribution >= 0.6 is 0 Å². The summed E-state index contributed by atoms with van der Waals surface area (Å²) in [6.07, 6.45) is 0. The van der Waals surface area contributed by atoms with E-state index in [1.807, 2.05) is 0 Å². The van der Waals surface area contributed by atoms with Crippen LogP contribution in [-0.4, -0.2) is 4.57 Å². The summed E-state index contributed by atoms with van der Waals surface area (Å²) in [5.41, 5.74) is 24.2. The molecule has 372 valence electrons. The predicted octanol–water partition coefficient (Wildman–Crippen LogP) is 20.7. The van der Waals surface area contributed by atoms with Crippen molar-refractivity contribution in [3.63, 3.8) is 0 Å². The fourth-order valence-electron chi connectivity index (χ4n) is 14.0. The minimum atomic E-state index is -0.813. The Kier molecular flexibility index (Phi) is 9.63. The summed E-state index contributed by atoms with van der Waals surface area (Å²) in [6.45, 7) is 0. The first-order chi connectivity index (χ1) is 39.7. The van der Waals surface area contributed by atoms with Crippen LogP contribution in [0.2, 0.25) is 0 Å². The van der Waals surface area contributed by atoms with Crippen LogP contribution in [0.4, 0.5) is 17.1 Å². The van der Waals surface area contributed by atoms with Crippen LogP contribution in [0.1, 0.15) is 22.3 Å². The highest BCUT2D eigenvalue weighted by atomic mass is 16.3. The highest BCUT2D eigenvalue weighted by molar-refractivity contribution is 6.25. The van der Waals surface area contributed by atoms with E-state index in [1.54, 1.807) is 0 Å². The highest BCUT2D eigenvalue weighted by Gasteiger charge is 2.50. The van der Waals surface area contributed by atoms with Gasteiger partial charge >= 0.3 is 0 Å². The number of furan rings is 1. The van der Waals surface area contributed by atoms with Crippen molar-refractivity contribution in [3.8, 4) is 61.3 Å². The number of nitrogens with zero attached hydrogens (tertiary/aromatic N) is 2. The topological polar surface area (TPSA) is 21.3 Å². The highest BCUT2D eigenvalue weighted by Crippen LogP contribution is 2.65. The van der Waals surface area contributed by atoms with E-state index in [1.165, 1.54) is 93.8 Å². The molecule has 1 aliphatic carbocycles. The molecule has 0 bridgehead atoms. The predicted molar refractivity (Wildman–Crippen MR) is 333 cm³/mol. The Hall–Kier alpha value is -10.5. The summed E-state index contributed by atoms with van der Waals surface area (Å²) in [5, 5.41) is 6.91. The van der Waals surface area contributed by atoms with Gasteiger partial charge in [0, 0.05) is 38.2 Å². The molecule has 0 N–H and O–H groups in total. The molecule has 0 saturated heterocycles. The molecule has 0 amide bonds. The minimum Gasteiger partial charge on any atom is -0.454 e. The number of aromatic nitrogens is 1. The summed E-state index contributed by atoms with van der Waals surface area (Å²) in [6, 6.07) is 108. The Labute approximate surface area is 463 Å². The third-order valence-electron chi connectivity index (χ3n) is 17.4. The molecule has 13 aromatic carbocycles. The van der Waals surface area contributed by atoms with Crippen molar-refractivity contribution in [3.05, 3.63) is 313 Å². The number of fused-ring (bicyclic) bond motifs is 10. The van der Waals surface area contributed by atoms with Gasteiger partial charge in [0.25, 0.3) is 0 Å². The molecule has 17 rings (SSSR count). The number of benzene rings is 13. The van der Waals surface area contributed by atoms with E-state index in [4.69, 9.17) is 4.42 Å². The van der Waals surface area contributed by atoms with Gasteiger partial charge < -0.3 is 13.9 Å². The zero-order chi connectivity index (χ0) is 52.5. The summed E-state index contributed by atoms with van der Waals surface area (Å²) in [5.74, 6) is 0. The average Bonchev–Trinajstić information content (AvgIpc) is 4.30. The summed E-state index contributed by atoms with van der Waals surface area (Å²) in [4.78, 5) is 2.55. The Bertz CT molecular complexity index is 5010. The summed E-state index contributed by atoms with van der Waals surface area (Å²) < 4.78 is 9.76. The number of hydrogen-bond donors (Lipinski definition) is 0. The monoisotopic (exact) mass is 1020 g/mol. The van der Waals surface area contributed by atoms with E-state index in [9.17, 15) is 0 Å².